The van der Waals surface area contributed by atoms with Gasteiger partial charge in [0.1, 0.15) is 18.8 Å². The first kappa shape index (κ1) is 23.1. The van der Waals surface area contributed by atoms with E-state index in [1.165, 1.54) is 6.07 Å². The molecule has 0 aliphatic heterocycles. The van der Waals surface area contributed by atoms with E-state index in [1.54, 1.807) is 32.9 Å². The fraction of sp³-hybridized carbons (Fsp3) is 0.400. The molecule has 10 heteroatoms. The van der Waals surface area contributed by atoms with E-state index in [0.717, 1.165) is 18.3 Å². The van der Waals surface area contributed by atoms with Gasteiger partial charge in [0, 0.05) is 24.0 Å². The highest BCUT2D eigenvalue weighted by atomic mass is 19.4. The molecule has 30 heavy (non-hydrogen) atoms. The number of ether oxygens (including phenoxy) is 4. The minimum absolute atomic E-state index is 0.00928. The Morgan fingerprint density at radius 3 is 2.37 bits per heavy atom. The first-order chi connectivity index (χ1) is 13.9. The van der Waals surface area contributed by atoms with Crippen LogP contribution in [0.2, 0.25) is 0 Å². The first-order valence-corrected chi connectivity index (χ1v) is 8.97. The number of carbonyl (C=O) groups is 1. The number of halogens is 3. The van der Waals surface area contributed by atoms with Crippen LogP contribution < -0.4 is 19.9 Å². The van der Waals surface area contributed by atoms with Gasteiger partial charge in [-0.25, -0.2) is 9.78 Å². The molecule has 1 heterocycles. The SMILES string of the molecule is CC(C)(C)OC(=O)COc1cc(N)ccc1OCCOc1cc(C(F)(F)F)ccn1. The Labute approximate surface area is 171 Å². The summed E-state index contributed by atoms with van der Waals surface area (Å²) in [5.41, 5.74) is 4.63. The van der Waals surface area contributed by atoms with Crippen molar-refractivity contribution in [1.82, 2.24) is 4.98 Å². The second-order valence-corrected chi connectivity index (χ2v) is 7.16. The highest BCUT2D eigenvalue weighted by Gasteiger charge is 2.31. The Balaban J connectivity index is 1.90. The maximum atomic E-state index is 12.7. The number of esters is 1. The summed E-state index contributed by atoms with van der Waals surface area (Å²) >= 11 is 0. The van der Waals surface area contributed by atoms with Crippen LogP contribution in [0.4, 0.5) is 18.9 Å². The van der Waals surface area contributed by atoms with E-state index in [2.05, 4.69) is 4.98 Å². The fourth-order valence-electron chi connectivity index (χ4n) is 2.23. The van der Waals surface area contributed by atoms with E-state index >= 15 is 0 Å². The number of hydrogen-bond acceptors (Lipinski definition) is 7. The molecule has 0 saturated heterocycles. The van der Waals surface area contributed by atoms with Gasteiger partial charge in [-0.1, -0.05) is 0 Å². The lowest BCUT2D eigenvalue weighted by Gasteiger charge is -2.20. The molecule has 1 aromatic heterocycles. The van der Waals surface area contributed by atoms with E-state index in [4.69, 9.17) is 24.7 Å². The summed E-state index contributed by atoms with van der Waals surface area (Å²) in [6, 6.07) is 6.26. The zero-order valence-electron chi connectivity index (χ0n) is 16.8. The second kappa shape index (κ2) is 9.55. The Bertz CT molecular complexity index is 866. The molecule has 0 fully saturated rings. The van der Waals surface area contributed by atoms with Gasteiger partial charge >= 0.3 is 12.1 Å². The van der Waals surface area contributed by atoms with E-state index in [1.807, 2.05) is 0 Å². The van der Waals surface area contributed by atoms with E-state index in [0.29, 0.717) is 5.69 Å². The molecule has 2 aromatic rings. The lowest BCUT2D eigenvalue weighted by molar-refractivity contribution is -0.157. The van der Waals surface area contributed by atoms with Crippen LogP contribution >= 0.6 is 0 Å². The largest absolute Gasteiger partial charge is 0.486 e. The standard InChI is InChI=1S/C20H23F3N2O5/c1-19(2,3)30-18(26)12-29-16-11-14(24)4-5-15(16)27-8-9-28-17-10-13(6-7-25-17)20(21,22)23/h4-7,10-11H,8-9,12,24H2,1-3H3. The smallest absolute Gasteiger partial charge is 0.416 e. The first-order valence-electron chi connectivity index (χ1n) is 8.97. The van der Waals surface area contributed by atoms with Crippen molar-refractivity contribution in [3.05, 3.63) is 42.1 Å². The molecule has 0 aliphatic carbocycles. The molecule has 2 N–H and O–H groups in total. The van der Waals surface area contributed by atoms with Crippen molar-refractivity contribution in [1.29, 1.82) is 0 Å². The molecule has 0 aliphatic rings. The minimum atomic E-state index is -4.48. The van der Waals surface area contributed by atoms with Crippen LogP contribution in [0.1, 0.15) is 26.3 Å². The van der Waals surface area contributed by atoms with Crippen LogP contribution in [-0.4, -0.2) is 36.4 Å². The van der Waals surface area contributed by atoms with E-state index < -0.39 is 23.3 Å². The molecule has 0 spiro atoms. The van der Waals surface area contributed by atoms with Gasteiger partial charge in [0.15, 0.2) is 18.1 Å². The summed E-state index contributed by atoms with van der Waals surface area (Å²) in [4.78, 5) is 15.6. The normalized spacial score (nSPS) is 11.7. The molecular weight excluding hydrogens is 405 g/mol. The van der Waals surface area contributed by atoms with Gasteiger partial charge < -0.3 is 24.7 Å². The summed E-state index contributed by atoms with van der Waals surface area (Å²) in [5, 5.41) is 0. The number of pyridine rings is 1. The van der Waals surface area contributed by atoms with Crippen LogP contribution in [0, 0.1) is 0 Å². The molecule has 0 atom stereocenters. The van der Waals surface area contributed by atoms with Crippen molar-refractivity contribution in [3.8, 4) is 17.4 Å². The quantitative estimate of drug-likeness (QED) is 0.388. The molecule has 0 unspecified atom stereocenters. The zero-order valence-corrected chi connectivity index (χ0v) is 16.8. The molecular formula is C20H23F3N2O5. The second-order valence-electron chi connectivity index (χ2n) is 7.16. The van der Waals surface area contributed by atoms with Gasteiger partial charge in [-0.3, -0.25) is 0 Å². The predicted molar refractivity (Wildman–Crippen MR) is 102 cm³/mol. The van der Waals surface area contributed by atoms with Crippen molar-refractivity contribution in [2.75, 3.05) is 25.6 Å². The van der Waals surface area contributed by atoms with E-state index in [9.17, 15) is 18.0 Å². The molecule has 7 nitrogen and oxygen atoms in total. The Hall–Kier alpha value is -3.17. The van der Waals surface area contributed by atoms with Gasteiger partial charge in [-0.05, 0) is 39.0 Å². The number of aromatic nitrogens is 1. The van der Waals surface area contributed by atoms with Crippen LogP contribution in [0.25, 0.3) is 0 Å². The highest BCUT2D eigenvalue weighted by molar-refractivity contribution is 5.71. The van der Waals surface area contributed by atoms with Gasteiger partial charge in [0.25, 0.3) is 0 Å². The lowest BCUT2D eigenvalue weighted by Crippen LogP contribution is -2.27. The Morgan fingerprint density at radius 1 is 1.00 bits per heavy atom. The number of benzene rings is 1. The highest BCUT2D eigenvalue weighted by Crippen LogP contribution is 2.31. The number of anilines is 1. The summed E-state index contributed by atoms with van der Waals surface area (Å²) in [6.45, 7) is 4.79. The third-order valence-electron chi connectivity index (χ3n) is 3.39. The maximum absolute atomic E-state index is 12.7. The van der Waals surface area contributed by atoms with Crippen LogP contribution in [0.15, 0.2) is 36.5 Å². The number of carbonyl (C=O) groups excluding carboxylic acids is 1. The summed E-state index contributed by atoms with van der Waals surface area (Å²) < 4.78 is 59.5. The number of nitrogens with zero attached hydrogens (tertiary/aromatic N) is 1. The third-order valence-corrected chi connectivity index (χ3v) is 3.39. The zero-order chi connectivity index (χ0) is 22.4. The van der Waals surface area contributed by atoms with E-state index in [-0.39, 0.29) is 37.2 Å². The summed E-state index contributed by atoms with van der Waals surface area (Å²) in [7, 11) is 0. The topological polar surface area (TPSA) is 92.9 Å². The predicted octanol–water partition coefficient (Wildman–Crippen LogP) is 3.86. The van der Waals surface area contributed by atoms with Gasteiger partial charge in [0.05, 0.1) is 5.56 Å². The summed E-state index contributed by atoms with van der Waals surface area (Å²) in [5.74, 6) is -0.228. The van der Waals surface area contributed by atoms with Crippen LogP contribution in [0.5, 0.6) is 17.4 Å². The maximum Gasteiger partial charge on any atom is 0.416 e. The van der Waals surface area contributed by atoms with Crippen molar-refractivity contribution in [2.45, 2.75) is 32.5 Å². The third kappa shape index (κ3) is 7.69. The lowest BCUT2D eigenvalue weighted by atomic mass is 10.2. The van der Waals surface area contributed by atoms with Crippen molar-refractivity contribution in [2.24, 2.45) is 0 Å². The number of alkyl halides is 3. The monoisotopic (exact) mass is 428 g/mol. The Kier molecular flexibility index (Phi) is 7.36. The fourth-order valence-corrected chi connectivity index (χ4v) is 2.23. The Morgan fingerprint density at radius 2 is 1.70 bits per heavy atom. The number of rotatable bonds is 8. The number of hydrogen-bond donors (Lipinski definition) is 1. The van der Waals surface area contributed by atoms with Crippen LogP contribution in [-0.2, 0) is 15.7 Å². The molecule has 0 radical (unpaired) electrons. The average molecular weight is 428 g/mol. The molecule has 2 rings (SSSR count). The minimum Gasteiger partial charge on any atom is -0.486 e. The average Bonchev–Trinajstić information content (AvgIpc) is 2.63. The van der Waals surface area contributed by atoms with Gasteiger partial charge in [-0.2, -0.15) is 13.2 Å². The summed E-state index contributed by atoms with van der Waals surface area (Å²) in [6.07, 6.45) is -3.47. The van der Waals surface area contributed by atoms with Crippen LogP contribution in [0.3, 0.4) is 0 Å². The van der Waals surface area contributed by atoms with Crippen molar-refractivity contribution in [3.63, 3.8) is 0 Å². The molecule has 0 bridgehead atoms. The van der Waals surface area contributed by atoms with Crippen molar-refractivity contribution < 1.29 is 36.9 Å². The van der Waals surface area contributed by atoms with Gasteiger partial charge in [-0.15, -0.1) is 0 Å². The molecule has 0 amide bonds. The van der Waals surface area contributed by atoms with Crippen molar-refractivity contribution >= 4 is 11.7 Å². The molecule has 164 valence electrons. The number of nitrogen functional groups attached to an aromatic ring is 1. The molecule has 0 saturated carbocycles. The van der Waals surface area contributed by atoms with Gasteiger partial charge in [0.2, 0.25) is 5.88 Å². The number of nitrogens with two attached hydrogens (primary N) is 1. The molecule has 1 aromatic carbocycles.